The lowest BCUT2D eigenvalue weighted by Gasteiger charge is -2.23. The number of hydrogen-bond donors (Lipinski definition) is 1. The Morgan fingerprint density at radius 1 is 1.04 bits per heavy atom. The first kappa shape index (κ1) is 17.8. The van der Waals surface area contributed by atoms with Crippen LogP contribution in [0.25, 0.3) is 11.6 Å². The van der Waals surface area contributed by atoms with Gasteiger partial charge in [-0.3, -0.25) is 0 Å². The Hall–Kier alpha value is -2.55. The van der Waals surface area contributed by atoms with E-state index in [9.17, 15) is 4.79 Å². The number of methoxy groups -OCH3 is 1. The van der Waals surface area contributed by atoms with Gasteiger partial charge in [-0.2, -0.15) is 0 Å². The smallest absolute Gasteiger partial charge is 0.335 e. The van der Waals surface area contributed by atoms with Crippen molar-refractivity contribution in [2.45, 2.75) is 33.1 Å². The zero-order chi connectivity index (χ0) is 17.9. The molecule has 0 radical (unpaired) electrons. The molecule has 0 aliphatic rings. The molecule has 3 heteroatoms. The van der Waals surface area contributed by atoms with Crippen molar-refractivity contribution >= 4 is 17.6 Å². The van der Waals surface area contributed by atoms with E-state index in [2.05, 4.69) is 39.8 Å². The second kappa shape index (κ2) is 6.91. The number of aromatic carboxylic acids is 1. The summed E-state index contributed by atoms with van der Waals surface area (Å²) in [7, 11) is 1.69. The lowest BCUT2D eigenvalue weighted by Crippen LogP contribution is -2.13. The Morgan fingerprint density at radius 2 is 1.62 bits per heavy atom. The third-order valence-electron chi connectivity index (χ3n) is 4.00. The van der Waals surface area contributed by atoms with Gasteiger partial charge < -0.3 is 9.84 Å². The molecule has 3 nitrogen and oxygen atoms in total. The molecule has 0 amide bonds. The summed E-state index contributed by atoms with van der Waals surface area (Å²) in [5.74, 6) is -0.0166. The Kier molecular flexibility index (Phi) is 5.13. The van der Waals surface area contributed by atoms with Gasteiger partial charge in [0.2, 0.25) is 0 Å². The van der Waals surface area contributed by atoms with Gasteiger partial charge in [0.15, 0.2) is 0 Å². The summed E-state index contributed by atoms with van der Waals surface area (Å²) < 4.78 is 5.49. The summed E-state index contributed by atoms with van der Waals surface area (Å²) in [6, 6.07) is 13.1. The lowest BCUT2D eigenvalue weighted by molar-refractivity contribution is 0.0697. The van der Waals surface area contributed by atoms with E-state index in [0.29, 0.717) is 5.56 Å². The Morgan fingerprint density at radius 3 is 2.12 bits per heavy atom. The number of hydrogen-bond acceptors (Lipinski definition) is 2. The van der Waals surface area contributed by atoms with Gasteiger partial charge in [-0.05, 0) is 53.3 Å². The first-order valence-corrected chi connectivity index (χ1v) is 7.93. The van der Waals surface area contributed by atoms with Crippen molar-refractivity contribution < 1.29 is 14.6 Å². The number of rotatable bonds is 4. The van der Waals surface area contributed by atoms with Crippen LogP contribution < -0.4 is 4.74 Å². The normalized spacial score (nSPS) is 12.1. The summed E-state index contributed by atoms with van der Waals surface area (Å²) in [5, 5.41) is 8.96. The molecule has 0 fully saturated rings. The maximum Gasteiger partial charge on any atom is 0.335 e. The van der Waals surface area contributed by atoms with Crippen LogP contribution in [-0.4, -0.2) is 18.2 Å². The fourth-order valence-electron chi connectivity index (χ4n) is 2.59. The number of benzene rings is 2. The molecule has 24 heavy (non-hydrogen) atoms. The molecule has 1 N–H and O–H groups in total. The molecule has 0 saturated heterocycles. The van der Waals surface area contributed by atoms with E-state index in [1.807, 2.05) is 24.3 Å². The topological polar surface area (TPSA) is 46.5 Å². The van der Waals surface area contributed by atoms with Crippen LogP contribution >= 0.6 is 0 Å². The van der Waals surface area contributed by atoms with E-state index < -0.39 is 5.97 Å². The average molecular weight is 324 g/mol. The fourth-order valence-corrected chi connectivity index (χ4v) is 2.59. The van der Waals surface area contributed by atoms with Crippen LogP contribution in [0.15, 0.2) is 42.5 Å². The van der Waals surface area contributed by atoms with E-state index in [0.717, 1.165) is 28.0 Å². The van der Waals surface area contributed by atoms with Crippen molar-refractivity contribution in [3.63, 3.8) is 0 Å². The van der Waals surface area contributed by atoms with E-state index in [1.54, 1.807) is 19.2 Å². The van der Waals surface area contributed by atoms with Crippen molar-refractivity contribution in [3.8, 4) is 5.75 Å². The maximum atomic E-state index is 10.9. The van der Waals surface area contributed by atoms with Gasteiger partial charge in [0, 0.05) is 5.56 Å². The predicted molar refractivity (Wildman–Crippen MR) is 98.6 cm³/mol. The molecule has 0 bridgehead atoms. The zero-order valence-corrected chi connectivity index (χ0v) is 14.9. The largest absolute Gasteiger partial charge is 0.496 e. The van der Waals surface area contributed by atoms with Crippen molar-refractivity contribution in [1.82, 2.24) is 0 Å². The SMILES string of the molecule is COc1ccc(/C(C)=C\c2ccc(C(=O)O)cc2)cc1C(C)(C)C. The standard InChI is InChI=1S/C21H24O3/c1-14(12-15-6-8-16(9-7-15)20(22)23)17-10-11-19(24-5)18(13-17)21(2,3)4/h6-13H,1-5H3,(H,22,23)/b14-12-. The maximum absolute atomic E-state index is 10.9. The summed E-state index contributed by atoms with van der Waals surface area (Å²) in [6.07, 6.45) is 2.06. The van der Waals surface area contributed by atoms with Crippen LogP contribution in [0.4, 0.5) is 0 Å². The molecule has 126 valence electrons. The minimum absolute atomic E-state index is 0.00916. The Bertz CT molecular complexity index is 763. The van der Waals surface area contributed by atoms with Crippen LogP contribution in [0.1, 0.15) is 54.7 Å². The molecular formula is C21H24O3. The second-order valence-corrected chi connectivity index (χ2v) is 6.92. The monoisotopic (exact) mass is 324 g/mol. The Balaban J connectivity index is 2.38. The number of carboxylic acids is 1. The molecule has 0 unspecified atom stereocenters. The quantitative estimate of drug-likeness (QED) is 0.781. The molecule has 2 rings (SSSR count). The van der Waals surface area contributed by atoms with Crippen LogP contribution in [0, 0.1) is 0 Å². The minimum Gasteiger partial charge on any atom is -0.496 e. The van der Waals surface area contributed by atoms with E-state index in [1.165, 1.54) is 0 Å². The van der Waals surface area contributed by atoms with Crippen LogP contribution in [0.3, 0.4) is 0 Å². The summed E-state index contributed by atoms with van der Waals surface area (Å²) in [4.78, 5) is 10.9. The molecule has 0 saturated carbocycles. The van der Waals surface area contributed by atoms with Gasteiger partial charge in [0.25, 0.3) is 0 Å². The Labute approximate surface area is 143 Å². The highest BCUT2D eigenvalue weighted by Gasteiger charge is 2.19. The predicted octanol–water partition coefficient (Wildman–Crippen LogP) is 5.25. The van der Waals surface area contributed by atoms with Crippen molar-refractivity contribution in [1.29, 1.82) is 0 Å². The van der Waals surface area contributed by atoms with E-state index >= 15 is 0 Å². The number of carboxylic acid groups (broad SMARTS) is 1. The summed E-state index contributed by atoms with van der Waals surface area (Å²) in [5.41, 5.74) is 4.67. The van der Waals surface area contributed by atoms with Gasteiger partial charge in [0.1, 0.15) is 5.75 Å². The first-order valence-electron chi connectivity index (χ1n) is 7.93. The molecule has 0 atom stereocenters. The molecule has 2 aromatic rings. The molecule has 0 heterocycles. The second-order valence-electron chi connectivity index (χ2n) is 6.92. The van der Waals surface area contributed by atoms with Crippen molar-refractivity contribution in [3.05, 3.63) is 64.7 Å². The third kappa shape index (κ3) is 4.05. The zero-order valence-electron chi connectivity index (χ0n) is 14.9. The molecule has 0 spiro atoms. The summed E-state index contributed by atoms with van der Waals surface area (Å²) >= 11 is 0. The molecule has 2 aromatic carbocycles. The average Bonchev–Trinajstić information content (AvgIpc) is 2.53. The number of allylic oxidation sites excluding steroid dienone is 1. The van der Waals surface area contributed by atoms with Gasteiger partial charge in [-0.25, -0.2) is 4.79 Å². The highest BCUT2D eigenvalue weighted by molar-refractivity contribution is 5.88. The van der Waals surface area contributed by atoms with Crippen LogP contribution in [0.5, 0.6) is 5.75 Å². The molecular weight excluding hydrogens is 300 g/mol. The van der Waals surface area contributed by atoms with Gasteiger partial charge in [-0.15, -0.1) is 0 Å². The van der Waals surface area contributed by atoms with Gasteiger partial charge in [-0.1, -0.05) is 45.0 Å². The fraction of sp³-hybridized carbons (Fsp3) is 0.286. The third-order valence-corrected chi connectivity index (χ3v) is 4.00. The lowest BCUT2D eigenvalue weighted by atomic mass is 9.84. The first-order chi connectivity index (χ1) is 11.2. The minimum atomic E-state index is -0.910. The van der Waals surface area contributed by atoms with Crippen molar-refractivity contribution in [2.75, 3.05) is 7.11 Å². The highest BCUT2D eigenvalue weighted by atomic mass is 16.5. The van der Waals surface area contributed by atoms with Crippen LogP contribution in [0.2, 0.25) is 0 Å². The number of carbonyl (C=O) groups is 1. The number of ether oxygens (including phenoxy) is 1. The molecule has 0 aliphatic heterocycles. The van der Waals surface area contributed by atoms with Crippen molar-refractivity contribution in [2.24, 2.45) is 0 Å². The van der Waals surface area contributed by atoms with Gasteiger partial charge >= 0.3 is 5.97 Å². The molecule has 0 aromatic heterocycles. The molecule has 0 aliphatic carbocycles. The summed E-state index contributed by atoms with van der Waals surface area (Å²) in [6.45, 7) is 8.55. The van der Waals surface area contributed by atoms with E-state index in [-0.39, 0.29) is 5.41 Å². The van der Waals surface area contributed by atoms with Crippen LogP contribution in [-0.2, 0) is 5.41 Å². The highest BCUT2D eigenvalue weighted by Crippen LogP contribution is 2.34. The van der Waals surface area contributed by atoms with Gasteiger partial charge in [0.05, 0.1) is 12.7 Å². The van der Waals surface area contributed by atoms with E-state index in [4.69, 9.17) is 9.84 Å².